The van der Waals surface area contributed by atoms with Gasteiger partial charge in [0.1, 0.15) is 11.6 Å². The van der Waals surface area contributed by atoms with Crippen LogP contribution < -0.4 is 5.32 Å². The normalized spacial score (nSPS) is 19.2. The highest BCUT2D eigenvalue weighted by atomic mass is 15.2. The molecular weight excluding hydrogens is 262 g/mol. The molecule has 0 radical (unpaired) electrons. The fourth-order valence-electron chi connectivity index (χ4n) is 2.85. The van der Waals surface area contributed by atoms with E-state index in [4.69, 9.17) is 0 Å². The van der Waals surface area contributed by atoms with Gasteiger partial charge in [-0.25, -0.2) is 0 Å². The first-order valence-electron chi connectivity index (χ1n) is 7.85. The maximum absolute atomic E-state index is 9.25. The zero-order valence-corrected chi connectivity index (χ0v) is 13.3. The molecule has 1 aliphatic rings. The zero-order valence-electron chi connectivity index (χ0n) is 13.3. The average Bonchev–Trinajstić information content (AvgIpc) is 2.49. The Balaban J connectivity index is 1.84. The van der Waals surface area contributed by atoms with Crippen LogP contribution in [0.4, 0.5) is 5.82 Å². The molecule has 21 heavy (non-hydrogen) atoms. The topological polar surface area (TPSA) is 64.8 Å². The number of aryl methyl sites for hydroxylation is 1. The highest BCUT2D eigenvalue weighted by Crippen LogP contribution is 2.18. The molecule has 0 spiro atoms. The first-order chi connectivity index (χ1) is 10.1. The number of rotatable bonds is 5. The van der Waals surface area contributed by atoms with Gasteiger partial charge in [0.15, 0.2) is 5.82 Å². The summed E-state index contributed by atoms with van der Waals surface area (Å²) in [7, 11) is 0. The number of piperidine rings is 1. The van der Waals surface area contributed by atoms with Crippen molar-refractivity contribution >= 4 is 5.82 Å². The Morgan fingerprint density at radius 2 is 2.14 bits per heavy atom. The fraction of sp³-hybridized carbons (Fsp3) is 0.688. The minimum atomic E-state index is 0.618. The summed E-state index contributed by atoms with van der Waals surface area (Å²) in [5, 5.41) is 20.7. The number of nitriles is 1. The van der Waals surface area contributed by atoms with Crippen molar-refractivity contribution in [2.24, 2.45) is 0 Å². The smallest absolute Gasteiger partial charge is 0.166 e. The molecule has 0 amide bonds. The molecule has 5 heteroatoms. The Morgan fingerprint density at radius 3 is 2.86 bits per heavy atom. The van der Waals surface area contributed by atoms with Crippen molar-refractivity contribution in [2.75, 3.05) is 25.0 Å². The molecule has 1 aliphatic heterocycles. The maximum atomic E-state index is 9.25. The van der Waals surface area contributed by atoms with Crippen molar-refractivity contribution in [1.29, 1.82) is 5.26 Å². The molecule has 0 saturated carbocycles. The average molecular weight is 287 g/mol. The highest BCUT2D eigenvalue weighted by Gasteiger charge is 2.17. The van der Waals surface area contributed by atoms with Crippen LogP contribution in [0.15, 0.2) is 0 Å². The molecule has 1 fully saturated rings. The lowest BCUT2D eigenvalue weighted by Crippen LogP contribution is -2.38. The quantitative estimate of drug-likeness (QED) is 0.843. The molecule has 1 aromatic rings. The van der Waals surface area contributed by atoms with Gasteiger partial charge in [0.25, 0.3) is 0 Å². The van der Waals surface area contributed by atoms with E-state index >= 15 is 0 Å². The van der Waals surface area contributed by atoms with Gasteiger partial charge < -0.3 is 10.2 Å². The monoisotopic (exact) mass is 287 g/mol. The second-order valence-electron chi connectivity index (χ2n) is 5.91. The Kier molecular flexibility index (Phi) is 5.51. The molecule has 1 aromatic heterocycles. The lowest BCUT2D eigenvalue weighted by Gasteiger charge is -2.33. The summed E-state index contributed by atoms with van der Waals surface area (Å²) in [5.41, 5.74) is 2.35. The minimum absolute atomic E-state index is 0.618. The third-order valence-electron chi connectivity index (χ3n) is 4.42. The van der Waals surface area contributed by atoms with Crippen molar-refractivity contribution < 1.29 is 0 Å². The number of likely N-dealkylation sites (tertiary alicyclic amines) is 1. The summed E-state index contributed by atoms with van der Waals surface area (Å²) in [6.07, 6.45) is 5.05. The van der Waals surface area contributed by atoms with E-state index in [0.29, 0.717) is 17.4 Å². The molecule has 1 unspecified atom stereocenters. The Hall–Kier alpha value is -1.67. The number of hydrogen-bond donors (Lipinski definition) is 1. The summed E-state index contributed by atoms with van der Waals surface area (Å²) in [4.78, 5) is 2.56. The predicted octanol–water partition coefficient (Wildman–Crippen LogP) is 2.64. The molecule has 0 aliphatic carbocycles. The van der Waals surface area contributed by atoms with Gasteiger partial charge in [0.05, 0.1) is 5.69 Å². The van der Waals surface area contributed by atoms with Crippen molar-refractivity contribution in [1.82, 2.24) is 15.1 Å². The van der Waals surface area contributed by atoms with E-state index in [2.05, 4.69) is 33.4 Å². The van der Waals surface area contributed by atoms with Crippen molar-refractivity contribution in [3.8, 4) is 6.07 Å². The predicted molar refractivity (Wildman–Crippen MR) is 84.2 cm³/mol. The Bertz CT molecular complexity index is 520. The van der Waals surface area contributed by atoms with Crippen LogP contribution in [0.1, 0.15) is 49.4 Å². The van der Waals surface area contributed by atoms with Gasteiger partial charge in [-0.2, -0.15) is 10.4 Å². The highest BCUT2D eigenvalue weighted by molar-refractivity contribution is 5.55. The second kappa shape index (κ2) is 7.37. The maximum Gasteiger partial charge on any atom is 0.166 e. The fourth-order valence-corrected chi connectivity index (χ4v) is 2.85. The van der Waals surface area contributed by atoms with E-state index in [0.717, 1.165) is 30.8 Å². The van der Waals surface area contributed by atoms with Crippen LogP contribution in [0.5, 0.6) is 0 Å². The van der Waals surface area contributed by atoms with E-state index in [1.54, 1.807) is 0 Å². The van der Waals surface area contributed by atoms with Crippen LogP contribution in [0.3, 0.4) is 0 Å². The summed E-state index contributed by atoms with van der Waals surface area (Å²) >= 11 is 0. The van der Waals surface area contributed by atoms with Crippen LogP contribution in [0.2, 0.25) is 0 Å². The summed E-state index contributed by atoms with van der Waals surface area (Å²) in [5.74, 6) is 0.618. The lowest BCUT2D eigenvalue weighted by molar-refractivity contribution is 0.160. The van der Waals surface area contributed by atoms with Gasteiger partial charge >= 0.3 is 0 Å². The number of nitrogens with one attached hydrogen (secondary N) is 1. The SMILES string of the molecule is Cc1nnc(NCCCN2CCCCC2C)c(C#N)c1C. The van der Waals surface area contributed by atoms with E-state index in [9.17, 15) is 5.26 Å². The third-order valence-corrected chi connectivity index (χ3v) is 4.42. The van der Waals surface area contributed by atoms with Crippen LogP contribution in [-0.4, -0.2) is 40.8 Å². The van der Waals surface area contributed by atoms with E-state index in [-0.39, 0.29) is 0 Å². The van der Waals surface area contributed by atoms with Gasteiger partial charge in [-0.05, 0) is 52.1 Å². The van der Waals surface area contributed by atoms with E-state index in [1.165, 1.54) is 25.8 Å². The second-order valence-corrected chi connectivity index (χ2v) is 5.91. The summed E-state index contributed by atoms with van der Waals surface area (Å²) in [6, 6.07) is 2.93. The van der Waals surface area contributed by atoms with Gasteiger partial charge in [0.2, 0.25) is 0 Å². The molecule has 1 saturated heterocycles. The molecule has 0 bridgehead atoms. The van der Waals surface area contributed by atoms with Crippen LogP contribution in [0, 0.1) is 25.2 Å². The van der Waals surface area contributed by atoms with Crippen LogP contribution >= 0.6 is 0 Å². The number of aromatic nitrogens is 2. The third kappa shape index (κ3) is 3.92. The lowest BCUT2D eigenvalue weighted by atomic mass is 10.0. The molecule has 1 N–H and O–H groups in total. The van der Waals surface area contributed by atoms with Gasteiger partial charge in [-0.1, -0.05) is 6.42 Å². The van der Waals surface area contributed by atoms with Crippen molar-refractivity contribution in [3.05, 3.63) is 16.8 Å². The standard InChI is InChI=1S/C16H25N5/c1-12-7-4-5-9-21(12)10-6-8-18-16-15(11-17)13(2)14(3)19-20-16/h12H,4-10H2,1-3H3,(H,18,20). The molecule has 5 nitrogen and oxygen atoms in total. The molecular formula is C16H25N5. The van der Waals surface area contributed by atoms with Gasteiger partial charge in [0, 0.05) is 19.1 Å². The van der Waals surface area contributed by atoms with E-state index < -0.39 is 0 Å². The van der Waals surface area contributed by atoms with E-state index in [1.807, 2.05) is 13.8 Å². The first kappa shape index (κ1) is 15.7. The van der Waals surface area contributed by atoms with Crippen LogP contribution in [-0.2, 0) is 0 Å². The van der Waals surface area contributed by atoms with Crippen molar-refractivity contribution in [3.63, 3.8) is 0 Å². The number of nitrogens with zero attached hydrogens (tertiary/aromatic N) is 4. The summed E-state index contributed by atoms with van der Waals surface area (Å²) < 4.78 is 0. The van der Waals surface area contributed by atoms with Gasteiger partial charge in [-0.15, -0.1) is 5.10 Å². The minimum Gasteiger partial charge on any atom is -0.367 e. The Morgan fingerprint density at radius 1 is 1.33 bits per heavy atom. The first-order valence-corrected chi connectivity index (χ1v) is 7.85. The zero-order chi connectivity index (χ0) is 15.2. The molecule has 0 aromatic carbocycles. The Labute approximate surface area is 127 Å². The summed E-state index contributed by atoms with van der Waals surface area (Å²) in [6.45, 7) is 9.26. The molecule has 114 valence electrons. The number of hydrogen-bond acceptors (Lipinski definition) is 5. The largest absolute Gasteiger partial charge is 0.367 e. The van der Waals surface area contributed by atoms with Crippen LogP contribution in [0.25, 0.3) is 0 Å². The molecule has 2 heterocycles. The molecule has 1 atom stereocenters. The number of anilines is 1. The van der Waals surface area contributed by atoms with Gasteiger partial charge in [-0.3, -0.25) is 0 Å². The molecule has 2 rings (SSSR count). The van der Waals surface area contributed by atoms with Crippen molar-refractivity contribution in [2.45, 2.75) is 52.5 Å².